The van der Waals surface area contributed by atoms with Crippen LogP contribution < -0.4 is 0 Å². The zero-order valence-corrected chi connectivity index (χ0v) is 12.7. The van der Waals surface area contributed by atoms with E-state index in [0.717, 1.165) is 15.6 Å². The first-order valence-electron chi connectivity index (χ1n) is 5.38. The van der Waals surface area contributed by atoms with Crippen LogP contribution in [0.15, 0.2) is 40.9 Å². The fourth-order valence-electron chi connectivity index (χ4n) is 1.68. The van der Waals surface area contributed by atoms with Gasteiger partial charge in [0.05, 0.1) is 0 Å². The summed E-state index contributed by atoms with van der Waals surface area (Å²) in [6, 6.07) is 10.9. The van der Waals surface area contributed by atoms with E-state index in [1.54, 1.807) is 18.2 Å². The normalized spacial score (nSPS) is 12.5. The molecule has 2 aromatic carbocycles. The molecule has 0 saturated carbocycles. The molecule has 0 amide bonds. The number of hydrogen-bond donors (Lipinski definition) is 1. The summed E-state index contributed by atoms with van der Waals surface area (Å²) >= 11 is 15.5. The molecule has 18 heavy (non-hydrogen) atoms. The minimum atomic E-state index is -0.784. The van der Waals surface area contributed by atoms with Crippen LogP contribution >= 0.6 is 39.1 Å². The molecule has 2 rings (SSSR count). The highest BCUT2D eigenvalue weighted by Crippen LogP contribution is 2.32. The van der Waals surface area contributed by atoms with Crippen molar-refractivity contribution >= 4 is 39.1 Å². The summed E-state index contributed by atoms with van der Waals surface area (Å²) in [7, 11) is 0. The lowest BCUT2D eigenvalue weighted by Gasteiger charge is -2.14. The van der Waals surface area contributed by atoms with E-state index in [-0.39, 0.29) is 0 Å². The maximum absolute atomic E-state index is 10.3. The standard InChI is InChI=1S/C14H11BrCl2O/c1-8-2-3-9(6-13(8)17)14(18)11-7-10(15)4-5-12(11)16/h2-7,14,18H,1H3. The summed E-state index contributed by atoms with van der Waals surface area (Å²) in [5.41, 5.74) is 2.37. The summed E-state index contributed by atoms with van der Waals surface area (Å²) in [6.45, 7) is 1.92. The van der Waals surface area contributed by atoms with Crippen molar-refractivity contribution < 1.29 is 5.11 Å². The molecule has 2 aromatic rings. The Kier molecular flexibility index (Phi) is 4.33. The van der Waals surface area contributed by atoms with E-state index < -0.39 is 6.10 Å². The van der Waals surface area contributed by atoms with Gasteiger partial charge < -0.3 is 5.11 Å². The van der Waals surface area contributed by atoms with Crippen LogP contribution in [0.4, 0.5) is 0 Å². The Morgan fingerprint density at radius 2 is 1.78 bits per heavy atom. The van der Waals surface area contributed by atoms with E-state index in [2.05, 4.69) is 15.9 Å². The molecule has 94 valence electrons. The minimum absolute atomic E-state index is 0.530. The fourth-order valence-corrected chi connectivity index (χ4v) is 2.47. The fraction of sp³-hybridized carbons (Fsp3) is 0.143. The highest BCUT2D eigenvalue weighted by molar-refractivity contribution is 9.10. The molecule has 1 nitrogen and oxygen atoms in total. The molecule has 0 spiro atoms. The Morgan fingerprint density at radius 1 is 1.06 bits per heavy atom. The molecule has 4 heteroatoms. The average Bonchev–Trinajstić information content (AvgIpc) is 2.35. The topological polar surface area (TPSA) is 20.2 Å². The van der Waals surface area contributed by atoms with E-state index in [9.17, 15) is 5.11 Å². The second-order valence-electron chi connectivity index (χ2n) is 4.08. The van der Waals surface area contributed by atoms with Gasteiger partial charge in [0.2, 0.25) is 0 Å². The summed E-state index contributed by atoms with van der Waals surface area (Å²) in [5, 5.41) is 11.5. The van der Waals surface area contributed by atoms with Gasteiger partial charge in [-0.15, -0.1) is 0 Å². The molecular formula is C14H11BrCl2O. The van der Waals surface area contributed by atoms with Gasteiger partial charge in [-0.1, -0.05) is 51.3 Å². The van der Waals surface area contributed by atoms with Gasteiger partial charge >= 0.3 is 0 Å². The summed E-state index contributed by atoms with van der Waals surface area (Å²) in [6.07, 6.45) is -0.784. The molecule has 0 aromatic heterocycles. The Balaban J connectivity index is 2.44. The van der Waals surface area contributed by atoms with Crippen molar-refractivity contribution in [2.75, 3.05) is 0 Å². The summed E-state index contributed by atoms with van der Waals surface area (Å²) < 4.78 is 0.874. The highest BCUT2D eigenvalue weighted by atomic mass is 79.9. The van der Waals surface area contributed by atoms with Gasteiger partial charge in [-0.2, -0.15) is 0 Å². The Labute approximate surface area is 124 Å². The molecule has 0 bridgehead atoms. The van der Waals surface area contributed by atoms with Gasteiger partial charge in [-0.05, 0) is 42.3 Å². The van der Waals surface area contributed by atoms with E-state index in [1.807, 2.05) is 25.1 Å². The second kappa shape index (κ2) is 5.62. The number of aliphatic hydroxyl groups excluding tert-OH is 1. The van der Waals surface area contributed by atoms with E-state index >= 15 is 0 Å². The lowest BCUT2D eigenvalue weighted by atomic mass is 10.0. The molecule has 0 radical (unpaired) electrons. The second-order valence-corrected chi connectivity index (χ2v) is 5.81. The van der Waals surface area contributed by atoms with Crippen LogP contribution in [0.5, 0.6) is 0 Å². The van der Waals surface area contributed by atoms with Gasteiger partial charge in [-0.3, -0.25) is 0 Å². The van der Waals surface area contributed by atoms with Crippen LogP contribution in [-0.4, -0.2) is 5.11 Å². The van der Waals surface area contributed by atoms with Crippen LogP contribution in [0.2, 0.25) is 10.0 Å². The van der Waals surface area contributed by atoms with Crippen molar-refractivity contribution in [3.8, 4) is 0 Å². The maximum Gasteiger partial charge on any atom is 0.106 e. The molecule has 0 aliphatic rings. The number of halogens is 3. The van der Waals surface area contributed by atoms with Crippen molar-refractivity contribution in [2.45, 2.75) is 13.0 Å². The van der Waals surface area contributed by atoms with Crippen molar-refractivity contribution in [3.63, 3.8) is 0 Å². The molecule has 0 aliphatic heterocycles. The van der Waals surface area contributed by atoms with Gasteiger partial charge in [0.25, 0.3) is 0 Å². The first-order chi connectivity index (χ1) is 8.49. The Bertz CT molecular complexity index is 584. The number of rotatable bonds is 2. The number of benzene rings is 2. The summed E-state index contributed by atoms with van der Waals surface area (Å²) in [5.74, 6) is 0. The Hall–Kier alpha value is -0.540. The Morgan fingerprint density at radius 3 is 2.44 bits per heavy atom. The zero-order chi connectivity index (χ0) is 13.3. The predicted molar refractivity (Wildman–Crippen MR) is 79.4 cm³/mol. The minimum Gasteiger partial charge on any atom is -0.384 e. The number of hydrogen-bond acceptors (Lipinski definition) is 1. The first-order valence-corrected chi connectivity index (χ1v) is 6.93. The third-order valence-electron chi connectivity index (χ3n) is 2.76. The van der Waals surface area contributed by atoms with Gasteiger partial charge in [0.15, 0.2) is 0 Å². The lowest BCUT2D eigenvalue weighted by Crippen LogP contribution is -2.01. The maximum atomic E-state index is 10.3. The van der Waals surface area contributed by atoms with E-state index in [4.69, 9.17) is 23.2 Å². The van der Waals surface area contributed by atoms with Crippen LogP contribution in [0.3, 0.4) is 0 Å². The molecule has 0 aliphatic carbocycles. The molecule has 0 fully saturated rings. The van der Waals surface area contributed by atoms with Gasteiger partial charge in [0.1, 0.15) is 6.10 Å². The lowest BCUT2D eigenvalue weighted by molar-refractivity contribution is 0.220. The average molecular weight is 346 g/mol. The monoisotopic (exact) mass is 344 g/mol. The van der Waals surface area contributed by atoms with Crippen LogP contribution in [-0.2, 0) is 0 Å². The molecule has 0 heterocycles. The van der Waals surface area contributed by atoms with Crippen LogP contribution in [0.25, 0.3) is 0 Å². The summed E-state index contributed by atoms with van der Waals surface area (Å²) in [4.78, 5) is 0. The van der Waals surface area contributed by atoms with Crippen molar-refractivity contribution in [2.24, 2.45) is 0 Å². The van der Waals surface area contributed by atoms with Crippen molar-refractivity contribution in [1.29, 1.82) is 0 Å². The van der Waals surface area contributed by atoms with E-state index in [0.29, 0.717) is 15.6 Å². The van der Waals surface area contributed by atoms with Crippen molar-refractivity contribution in [3.05, 3.63) is 67.6 Å². The molecule has 1 atom stereocenters. The molecule has 0 saturated heterocycles. The van der Waals surface area contributed by atoms with E-state index in [1.165, 1.54) is 0 Å². The van der Waals surface area contributed by atoms with Crippen LogP contribution in [0, 0.1) is 6.92 Å². The van der Waals surface area contributed by atoms with Crippen LogP contribution in [0.1, 0.15) is 22.8 Å². The zero-order valence-electron chi connectivity index (χ0n) is 9.62. The number of aliphatic hydroxyl groups is 1. The van der Waals surface area contributed by atoms with Gasteiger partial charge in [0, 0.05) is 20.1 Å². The largest absolute Gasteiger partial charge is 0.384 e. The SMILES string of the molecule is Cc1ccc(C(O)c2cc(Br)ccc2Cl)cc1Cl. The third kappa shape index (κ3) is 2.89. The first kappa shape index (κ1) is 13.9. The molecule has 1 unspecified atom stereocenters. The molecular weight excluding hydrogens is 335 g/mol. The predicted octanol–water partition coefficient (Wildman–Crippen LogP) is 5.15. The highest BCUT2D eigenvalue weighted by Gasteiger charge is 2.15. The number of aryl methyl sites for hydroxylation is 1. The molecule has 1 N–H and O–H groups in total. The van der Waals surface area contributed by atoms with Crippen molar-refractivity contribution in [1.82, 2.24) is 0 Å². The van der Waals surface area contributed by atoms with Gasteiger partial charge in [-0.25, -0.2) is 0 Å². The third-order valence-corrected chi connectivity index (χ3v) is 4.01. The smallest absolute Gasteiger partial charge is 0.106 e. The quantitative estimate of drug-likeness (QED) is 0.798.